The molecule has 1 aliphatic rings. The van der Waals surface area contributed by atoms with E-state index in [1.54, 1.807) is 32.4 Å². The van der Waals surface area contributed by atoms with Gasteiger partial charge in [-0.3, -0.25) is 4.79 Å². The molecule has 0 heterocycles. The molecule has 0 bridgehead atoms. The summed E-state index contributed by atoms with van der Waals surface area (Å²) in [5.74, 6) is 0.795. The molecule has 0 aliphatic heterocycles. The van der Waals surface area contributed by atoms with E-state index in [9.17, 15) is 4.79 Å². The number of rotatable bonds is 4. The van der Waals surface area contributed by atoms with Crippen LogP contribution in [-0.2, 0) is 9.53 Å². The SMILES string of the molecule is COC1=C(Cl)C(c2cc(OC)ccc2OC)C1=O. The standard InChI is InChI=1S/C13H13ClO4/c1-16-7-4-5-9(17-2)8(6-7)10-11(14)13(18-3)12(10)15/h4-6,10H,1-3H3. The monoisotopic (exact) mass is 268 g/mol. The molecule has 1 aromatic rings. The van der Waals surface area contributed by atoms with Crippen molar-refractivity contribution in [2.45, 2.75) is 5.92 Å². The van der Waals surface area contributed by atoms with Gasteiger partial charge in [0.15, 0.2) is 5.76 Å². The van der Waals surface area contributed by atoms with Crippen LogP contribution in [0.3, 0.4) is 0 Å². The third-order valence-electron chi connectivity index (χ3n) is 2.91. The van der Waals surface area contributed by atoms with Crippen LogP contribution in [0.4, 0.5) is 0 Å². The van der Waals surface area contributed by atoms with Gasteiger partial charge in [0.2, 0.25) is 5.78 Å². The van der Waals surface area contributed by atoms with Crippen molar-refractivity contribution in [3.8, 4) is 11.5 Å². The Hall–Kier alpha value is -1.68. The van der Waals surface area contributed by atoms with Gasteiger partial charge in [-0.05, 0) is 18.2 Å². The van der Waals surface area contributed by atoms with Crippen molar-refractivity contribution in [2.75, 3.05) is 21.3 Å². The molecule has 0 fully saturated rings. The number of carbonyl (C=O) groups is 1. The zero-order chi connectivity index (χ0) is 13.3. The Morgan fingerprint density at radius 2 is 1.83 bits per heavy atom. The molecule has 1 aliphatic carbocycles. The second kappa shape index (κ2) is 4.90. The summed E-state index contributed by atoms with van der Waals surface area (Å²) >= 11 is 6.07. The van der Waals surface area contributed by atoms with Gasteiger partial charge in [0.1, 0.15) is 11.5 Å². The molecule has 96 valence electrons. The summed E-state index contributed by atoms with van der Waals surface area (Å²) in [5, 5.41) is 0.397. The van der Waals surface area contributed by atoms with E-state index >= 15 is 0 Å². The van der Waals surface area contributed by atoms with Crippen molar-refractivity contribution >= 4 is 17.4 Å². The first-order chi connectivity index (χ1) is 8.63. The summed E-state index contributed by atoms with van der Waals surface area (Å²) in [4.78, 5) is 11.9. The van der Waals surface area contributed by atoms with E-state index in [4.69, 9.17) is 25.8 Å². The molecule has 0 spiro atoms. The maximum absolute atomic E-state index is 11.9. The molecule has 0 aromatic heterocycles. The van der Waals surface area contributed by atoms with Crippen LogP contribution < -0.4 is 9.47 Å². The highest BCUT2D eigenvalue weighted by Gasteiger charge is 2.42. The molecule has 1 aromatic carbocycles. The van der Waals surface area contributed by atoms with Crippen LogP contribution in [0, 0.1) is 0 Å². The quantitative estimate of drug-likeness (QED) is 0.841. The summed E-state index contributed by atoms with van der Waals surface area (Å²) < 4.78 is 15.3. The van der Waals surface area contributed by atoms with Gasteiger partial charge in [0, 0.05) is 5.56 Å². The molecule has 0 saturated heterocycles. The Kier molecular flexibility index (Phi) is 3.48. The van der Waals surface area contributed by atoms with Gasteiger partial charge in [-0.15, -0.1) is 0 Å². The Morgan fingerprint density at radius 3 is 2.33 bits per heavy atom. The molecule has 4 nitrogen and oxygen atoms in total. The zero-order valence-electron chi connectivity index (χ0n) is 10.3. The fraction of sp³-hybridized carbons (Fsp3) is 0.308. The number of hydrogen-bond donors (Lipinski definition) is 0. The molecular weight excluding hydrogens is 256 g/mol. The van der Waals surface area contributed by atoms with Gasteiger partial charge < -0.3 is 14.2 Å². The van der Waals surface area contributed by atoms with E-state index in [-0.39, 0.29) is 11.5 Å². The van der Waals surface area contributed by atoms with Crippen LogP contribution in [0.2, 0.25) is 0 Å². The van der Waals surface area contributed by atoms with Crippen LogP contribution in [0.1, 0.15) is 11.5 Å². The molecule has 5 heteroatoms. The highest BCUT2D eigenvalue weighted by atomic mass is 35.5. The minimum atomic E-state index is -0.522. The Morgan fingerprint density at radius 1 is 1.11 bits per heavy atom. The van der Waals surface area contributed by atoms with Gasteiger partial charge in [0.25, 0.3) is 0 Å². The first kappa shape index (κ1) is 12.8. The summed E-state index contributed by atoms with van der Waals surface area (Å²) in [6, 6.07) is 5.26. The van der Waals surface area contributed by atoms with Crippen molar-refractivity contribution in [3.05, 3.63) is 34.6 Å². The lowest BCUT2D eigenvalue weighted by molar-refractivity contribution is -0.121. The van der Waals surface area contributed by atoms with Gasteiger partial charge in [0.05, 0.1) is 32.3 Å². The van der Waals surface area contributed by atoms with E-state index in [1.807, 2.05) is 0 Å². The molecular formula is C13H13ClO4. The number of hydrogen-bond acceptors (Lipinski definition) is 4. The molecule has 2 rings (SSSR count). The Bertz CT molecular complexity index is 522. The van der Waals surface area contributed by atoms with E-state index < -0.39 is 5.92 Å². The smallest absolute Gasteiger partial charge is 0.211 e. The predicted molar refractivity (Wildman–Crippen MR) is 67.2 cm³/mol. The minimum Gasteiger partial charge on any atom is -0.497 e. The summed E-state index contributed by atoms with van der Waals surface area (Å²) in [6.07, 6.45) is 0. The van der Waals surface area contributed by atoms with E-state index in [1.165, 1.54) is 7.11 Å². The molecule has 0 amide bonds. The van der Waals surface area contributed by atoms with Crippen molar-refractivity contribution < 1.29 is 19.0 Å². The molecule has 18 heavy (non-hydrogen) atoms. The third-order valence-corrected chi connectivity index (χ3v) is 3.30. The highest BCUT2D eigenvalue weighted by molar-refractivity contribution is 6.39. The largest absolute Gasteiger partial charge is 0.497 e. The summed E-state index contributed by atoms with van der Waals surface area (Å²) in [6.45, 7) is 0. The van der Waals surface area contributed by atoms with Gasteiger partial charge in [-0.2, -0.15) is 0 Å². The first-order valence-electron chi connectivity index (χ1n) is 5.33. The zero-order valence-corrected chi connectivity index (χ0v) is 11.1. The summed E-state index contributed by atoms with van der Waals surface area (Å²) in [7, 11) is 4.53. The number of halogens is 1. The average Bonchev–Trinajstić information content (AvgIpc) is 2.39. The number of Topliss-reactive ketones (excluding diaryl/α,β-unsaturated/α-hetero) is 1. The number of carbonyl (C=O) groups excluding carboxylic acids is 1. The first-order valence-corrected chi connectivity index (χ1v) is 5.71. The van der Waals surface area contributed by atoms with Crippen molar-refractivity contribution in [1.29, 1.82) is 0 Å². The van der Waals surface area contributed by atoms with E-state index in [2.05, 4.69) is 0 Å². The van der Waals surface area contributed by atoms with Gasteiger partial charge in [-0.25, -0.2) is 0 Å². The lowest BCUT2D eigenvalue weighted by atomic mass is 9.83. The fourth-order valence-electron chi connectivity index (χ4n) is 1.96. The number of ether oxygens (including phenoxy) is 3. The maximum atomic E-state index is 11.9. The number of ketones is 1. The molecule has 0 saturated carbocycles. The highest BCUT2D eigenvalue weighted by Crippen LogP contribution is 2.45. The van der Waals surface area contributed by atoms with E-state index in [0.29, 0.717) is 22.1 Å². The number of methoxy groups -OCH3 is 3. The lowest BCUT2D eigenvalue weighted by Crippen LogP contribution is -2.28. The lowest BCUT2D eigenvalue weighted by Gasteiger charge is -2.28. The van der Waals surface area contributed by atoms with Crippen molar-refractivity contribution in [1.82, 2.24) is 0 Å². The van der Waals surface area contributed by atoms with Crippen molar-refractivity contribution in [2.24, 2.45) is 0 Å². The second-order valence-corrected chi connectivity index (χ2v) is 4.19. The van der Waals surface area contributed by atoms with Gasteiger partial charge in [-0.1, -0.05) is 11.6 Å². The van der Waals surface area contributed by atoms with Crippen LogP contribution in [0.15, 0.2) is 29.0 Å². The normalized spacial score (nSPS) is 18.4. The Labute approximate surface area is 110 Å². The predicted octanol–water partition coefficient (Wildman–Crippen LogP) is 2.47. The summed E-state index contributed by atoms with van der Waals surface area (Å²) in [5.41, 5.74) is 0.688. The molecule has 1 atom stereocenters. The van der Waals surface area contributed by atoms with Crippen LogP contribution >= 0.6 is 11.6 Å². The fourth-order valence-corrected chi connectivity index (χ4v) is 2.35. The molecule has 1 unspecified atom stereocenters. The van der Waals surface area contributed by atoms with Crippen LogP contribution in [0.5, 0.6) is 11.5 Å². The topological polar surface area (TPSA) is 44.8 Å². The van der Waals surface area contributed by atoms with Gasteiger partial charge >= 0.3 is 0 Å². The van der Waals surface area contributed by atoms with E-state index in [0.717, 1.165) is 0 Å². The Balaban J connectivity index is 2.46. The average molecular weight is 269 g/mol. The molecule has 0 radical (unpaired) electrons. The van der Waals surface area contributed by atoms with Crippen LogP contribution in [0.25, 0.3) is 0 Å². The minimum absolute atomic E-state index is 0.144. The second-order valence-electron chi connectivity index (χ2n) is 3.79. The maximum Gasteiger partial charge on any atom is 0.211 e. The number of benzene rings is 1. The van der Waals surface area contributed by atoms with Crippen molar-refractivity contribution in [3.63, 3.8) is 0 Å². The van der Waals surface area contributed by atoms with Crippen LogP contribution in [-0.4, -0.2) is 27.1 Å². The molecule has 0 N–H and O–H groups in total. The third kappa shape index (κ3) is 1.82. The number of allylic oxidation sites excluding steroid dienone is 2.